The lowest BCUT2D eigenvalue weighted by Crippen LogP contribution is -2.37. The number of benzene rings is 1. The van der Waals surface area contributed by atoms with E-state index in [0.29, 0.717) is 17.1 Å². The maximum atomic E-state index is 12.6. The molecule has 1 aromatic carbocycles. The van der Waals surface area contributed by atoms with E-state index in [-0.39, 0.29) is 18.2 Å². The highest BCUT2D eigenvalue weighted by Crippen LogP contribution is 2.24. The van der Waals surface area contributed by atoms with Gasteiger partial charge in [0, 0.05) is 41.8 Å². The van der Waals surface area contributed by atoms with E-state index in [1.54, 1.807) is 34.6 Å². The van der Waals surface area contributed by atoms with E-state index in [1.807, 2.05) is 46.4 Å². The van der Waals surface area contributed by atoms with E-state index < -0.39 is 10.0 Å². The van der Waals surface area contributed by atoms with Crippen molar-refractivity contribution in [2.75, 3.05) is 17.6 Å². The number of hydrogen-bond acceptors (Lipinski definition) is 6. The van der Waals surface area contributed by atoms with E-state index in [4.69, 9.17) is 0 Å². The summed E-state index contributed by atoms with van der Waals surface area (Å²) >= 11 is 1.57. The number of thiazole rings is 1. The molecule has 1 amide bonds. The number of amidine groups is 1. The normalized spacial score (nSPS) is 17.6. The number of anilines is 1. The zero-order valence-electron chi connectivity index (χ0n) is 15.0. The Morgan fingerprint density at radius 3 is 2.79 bits per heavy atom. The molecule has 0 aliphatic carbocycles. The molecule has 0 bridgehead atoms. The highest BCUT2D eigenvalue weighted by atomic mass is 32.2. The van der Waals surface area contributed by atoms with Crippen molar-refractivity contribution in [2.24, 2.45) is 4.40 Å². The van der Waals surface area contributed by atoms with E-state index in [0.717, 1.165) is 16.2 Å². The predicted molar refractivity (Wildman–Crippen MR) is 112 cm³/mol. The Hall–Kier alpha value is -3.24. The molecule has 0 radical (unpaired) electrons. The zero-order valence-corrected chi connectivity index (χ0v) is 16.7. The first kappa shape index (κ1) is 17.8. The Bertz CT molecular complexity index is 1280. The summed E-state index contributed by atoms with van der Waals surface area (Å²) in [5.41, 5.74) is 2.93. The topological polar surface area (TPSA) is 96.1 Å². The molecule has 0 atom stereocenters. The lowest BCUT2D eigenvalue weighted by atomic mass is 10.1. The van der Waals surface area contributed by atoms with E-state index in [9.17, 15) is 13.2 Å². The maximum Gasteiger partial charge on any atom is 0.257 e. The Labute approximate surface area is 170 Å². The van der Waals surface area contributed by atoms with Crippen molar-refractivity contribution in [3.8, 4) is 11.3 Å². The molecule has 0 saturated heterocycles. The van der Waals surface area contributed by atoms with Crippen molar-refractivity contribution in [1.29, 1.82) is 0 Å². The summed E-state index contributed by atoms with van der Waals surface area (Å²) in [6, 6.07) is 7.48. The van der Waals surface area contributed by atoms with Gasteiger partial charge in [-0.25, -0.2) is 13.4 Å². The molecule has 8 nitrogen and oxygen atoms in total. The summed E-state index contributed by atoms with van der Waals surface area (Å²) in [4.78, 5) is 19.8. The van der Waals surface area contributed by atoms with Crippen LogP contribution in [0.1, 0.15) is 0 Å². The summed E-state index contributed by atoms with van der Waals surface area (Å²) in [5.74, 6) is -0.00991. The number of hydrogen-bond donors (Lipinski definition) is 1. The largest absolute Gasteiger partial charge is 0.330 e. The Morgan fingerprint density at radius 2 is 2.00 bits per heavy atom. The number of rotatable bonds is 3. The smallest absolute Gasteiger partial charge is 0.257 e. The number of nitrogens with one attached hydrogen (secondary N) is 1. The zero-order chi connectivity index (χ0) is 20.0. The summed E-state index contributed by atoms with van der Waals surface area (Å²) in [6.45, 7) is 0.277. The minimum Gasteiger partial charge on any atom is -0.330 e. The molecule has 146 valence electrons. The molecule has 2 aromatic heterocycles. The van der Waals surface area contributed by atoms with Crippen LogP contribution in [0.15, 0.2) is 70.4 Å². The number of aromatic nitrogens is 2. The molecule has 2 aliphatic rings. The molecule has 3 aromatic rings. The van der Waals surface area contributed by atoms with Gasteiger partial charge in [0.1, 0.15) is 5.84 Å². The molecule has 1 N–H and O–H groups in total. The minimum atomic E-state index is -3.41. The Morgan fingerprint density at radius 1 is 1.17 bits per heavy atom. The van der Waals surface area contributed by atoms with Crippen LogP contribution < -0.4 is 5.32 Å². The van der Waals surface area contributed by atoms with Gasteiger partial charge in [0.2, 0.25) is 0 Å². The first-order chi connectivity index (χ1) is 14.0. The van der Waals surface area contributed by atoms with Crippen LogP contribution in [0.4, 0.5) is 5.69 Å². The van der Waals surface area contributed by atoms with Gasteiger partial charge >= 0.3 is 0 Å². The van der Waals surface area contributed by atoms with Gasteiger partial charge in [-0.15, -0.1) is 15.7 Å². The summed E-state index contributed by atoms with van der Waals surface area (Å²) < 4.78 is 28.8. The second-order valence-electron chi connectivity index (χ2n) is 6.60. The molecule has 5 rings (SSSR count). The Kier molecular flexibility index (Phi) is 4.10. The van der Waals surface area contributed by atoms with E-state index in [1.165, 1.54) is 0 Å². The summed E-state index contributed by atoms with van der Waals surface area (Å²) in [7, 11) is -3.41. The SMILES string of the molecule is O=C(Nc1ccc(-c2cn3ccsc3n2)cc1)C1=CN2CCS(=O)(=O)N=C2C=C1. The second kappa shape index (κ2) is 6.68. The summed E-state index contributed by atoms with van der Waals surface area (Å²) in [6.07, 6.45) is 8.66. The minimum absolute atomic E-state index is 0.0665. The van der Waals surface area contributed by atoms with Gasteiger partial charge < -0.3 is 10.2 Å². The van der Waals surface area contributed by atoms with Crippen molar-refractivity contribution < 1.29 is 13.2 Å². The van der Waals surface area contributed by atoms with Gasteiger partial charge in [0.15, 0.2) is 4.96 Å². The average molecular weight is 425 g/mol. The number of carbonyl (C=O) groups excluding carboxylic acids is 1. The van der Waals surface area contributed by atoms with Crippen molar-refractivity contribution in [1.82, 2.24) is 14.3 Å². The second-order valence-corrected chi connectivity index (χ2v) is 9.22. The highest BCUT2D eigenvalue weighted by Gasteiger charge is 2.25. The number of fused-ring (bicyclic) bond motifs is 2. The van der Waals surface area contributed by atoms with Crippen molar-refractivity contribution in [3.63, 3.8) is 0 Å². The number of amides is 1. The first-order valence-corrected chi connectivity index (χ1v) is 11.3. The molecule has 0 saturated carbocycles. The molecule has 0 fully saturated rings. The van der Waals surface area contributed by atoms with Crippen molar-refractivity contribution >= 4 is 43.8 Å². The van der Waals surface area contributed by atoms with Crippen LogP contribution in [0.3, 0.4) is 0 Å². The fourth-order valence-electron chi connectivity index (χ4n) is 3.13. The average Bonchev–Trinajstić information content (AvgIpc) is 3.30. The van der Waals surface area contributed by atoms with Crippen LogP contribution in [0, 0.1) is 0 Å². The molecule has 2 aliphatic heterocycles. The highest BCUT2D eigenvalue weighted by molar-refractivity contribution is 7.90. The first-order valence-electron chi connectivity index (χ1n) is 8.80. The van der Waals surface area contributed by atoms with Crippen LogP contribution in [-0.2, 0) is 14.8 Å². The third kappa shape index (κ3) is 3.47. The van der Waals surface area contributed by atoms with Gasteiger partial charge in [-0.3, -0.25) is 9.20 Å². The number of sulfonamides is 1. The quantitative estimate of drug-likeness (QED) is 0.696. The molecule has 29 heavy (non-hydrogen) atoms. The third-order valence-electron chi connectivity index (χ3n) is 4.62. The molecule has 10 heteroatoms. The van der Waals surface area contributed by atoms with Crippen LogP contribution in [0.5, 0.6) is 0 Å². The van der Waals surface area contributed by atoms with Crippen molar-refractivity contribution in [3.05, 3.63) is 66.0 Å². The molecule has 0 unspecified atom stereocenters. The van der Waals surface area contributed by atoms with Gasteiger partial charge in [0.25, 0.3) is 15.9 Å². The van der Waals surface area contributed by atoms with Gasteiger partial charge in [0.05, 0.1) is 17.0 Å². The molecule has 4 heterocycles. The standard InChI is InChI=1S/C19H15N5O3S2/c25-18(14-3-6-17-22-29(26,27)10-8-23(17)11-14)20-15-4-1-13(2-5-15)16-12-24-7-9-28-19(24)21-16/h1-7,9,11-12H,8,10H2,(H,20,25). The van der Waals surface area contributed by atoms with Gasteiger partial charge in [-0.2, -0.15) is 0 Å². The molecular weight excluding hydrogens is 410 g/mol. The number of imidazole rings is 1. The van der Waals surface area contributed by atoms with Crippen LogP contribution >= 0.6 is 11.3 Å². The molecular formula is C19H15N5O3S2. The van der Waals surface area contributed by atoms with E-state index in [2.05, 4.69) is 14.7 Å². The number of carbonyl (C=O) groups is 1. The fraction of sp³-hybridized carbons (Fsp3) is 0.105. The number of nitrogens with zero attached hydrogens (tertiary/aromatic N) is 4. The van der Waals surface area contributed by atoms with Crippen LogP contribution in [-0.4, -0.2) is 46.7 Å². The lowest BCUT2D eigenvalue weighted by molar-refractivity contribution is -0.112. The van der Waals surface area contributed by atoms with E-state index >= 15 is 0 Å². The molecule has 0 spiro atoms. The monoisotopic (exact) mass is 425 g/mol. The summed E-state index contributed by atoms with van der Waals surface area (Å²) in [5, 5.41) is 4.84. The lowest BCUT2D eigenvalue weighted by Gasteiger charge is -2.26. The van der Waals surface area contributed by atoms with Gasteiger partial charge in [-0.05, 0) is 24.3 Å². The van der Waals surface area contributed by atoms with Crippen molar-refractivity contribution in [2.45, 2.75) is 0 Å². The van der Waals surface area contributed by atoms with Crippen LogP contribution in [0.2, 0.25) is 0 Å². The fourth-order valence-corrected chi connectivity index (χ4v) is 4.80. The van der Waals surface area contributed by atoms with Gasteiger partial charge in [-0.1, -0.05) is 12.1 Å². The predicted octanol–water partition coefficient (Wildman–Crippen LogP) is 2.50. The maximum absolute atomic E-state index is 12.6. The van der Waals surface area contributed by atoms with Crippen LogP contribution in [0.25, 0.3) is 16.2 Å². The third-order valence-corrected chi connectivity index (χ3v) is 6.55. The Balaban J connectivity index is 1.30.